The molecule has 0 radical (unpaired) electrons. The minimum absolute atomic E-state index is 0.199. The molecule has 0 aliphatic carbocycles. The predicted molar refractivity (Wildman–Crippen MR) is 50.5 cm³/mol. The van der Waals surface area contributed by atoms with Crippen LogP contribution in [-0.4, -0.2) is 41.7 Å². The highest BCUT2D eigenvalue weighted by Gasteiger charge is 2.29. The summed E-state index contributed by atoms with van der Waals surface area (Å²) >= 11 is 1.91. The van der Waals surface area contributed by atoms with Gasteiger partial charge in [-0.25, -0.2) is 4.79 Å². The van der Waals surface area contributed by atoms with Gasteiger partial charge in [-0.2, -0.15) is 11.8 Å². The number of amides is 1. The fourth-order valence-corrected chi connectivity index (χ4v) is 2.41. The maximum absolute atomic E-state index is 11.2. The van der Waals surface area contributed by atoms with Gasteiger partial charge in [0.15, 0.2) is 0 Å². The van der Waals surface area contributed by atoms with E-state index in [0.717, 1.165) is 12.3 Å². The molecule has 1 aliphatic rings. The van der Waals surface area contributed by atoms with Gasteiger partial charge in [0, 0.05) is 23.6 Å². The molecule has 1 amide bonds. The summed E-state index contributed by atoms with van der Waals surface area (Å²) in [6.45, 7) is 5.01. The van der Waals surface area contributed by atoms with Gasteiger partial charge in [0.05, 0.1) is 7.11 Å². The maximum Gasteiger partial charge on any atom is 0.409 e. The smallest absolute Gasteiger partial charge is 0.409 e. The monoisotopic (exact) mass is 189 g/mol. The molecule has 1 aliphatic heterocycles. The molecule has 0 aromatic rings. The fourth-order valence-electron chi connectivity index (χ4n) is 1.31. The van der Waals surface area contributed by atoms with Crippen LogP contribution in [0.15, 0.2) is 0 Å². The Bertz CT molecular complexity index is 174. The average Bonchev–Trinajstić information content (AvgIpc) is 2.08. The molecule has 70 valence electrons. The summed E-state index contributed by atoms with van der Waals surface area (Å²) in [6.07, 6.45) is -0.199. The lowest BCUT2D eigenvalue weighted by atomic mass is 10.2. The molecule has 0 N–H and O–H groups in total. The first kappa shape index (κ1) is 9.71. The van der Waals surface area contributed by atoms with Crippen molar-refractivity contribution in [1.82, 2.24) is 4.90 Å². The minimum atomic E-state index is -0.199. The Morgan fingerprint density at radius 1 is 1.58 bits per heavy atom. The van der Waals surface area contributed by atoms with E-state index in [1.54, 1.807) is 4.90 Å². The second kappa shape index (κ2) is 4.03. The van der Waals surface area contributed by atoms with E-state index < -0.39 is 0 Å². The van der Waals surface area contributed by atoms with Gasteiger partial charge < -0.3 is 9.64 Å². The Morgan fingerprint density at radius 3 is 2.83 bits per heavy atom. The number of hydrogen-bond acceptors (Lipinski definition) is 3. The fraction of sp³-hybridized carbons (Fsp3) is 0.875. The lowest BCUT2D eigenvalue weighted by Crippen LogP contribution is -2.47. The summed E-state index contributed by atoms with van der Waals surface area (Å²) in [6, 6.07) is 0.288. The zero-order chi connectivity index (χ0) is 9.14. The van der Waals surface area contributed by atoms with Gasteiger partial charge >= 0.3 is 6.09 Å². The van der Waals surface area contributed by atoms with Crippen molar-refractivity contribution >= 4 is 17.9 Å². The van der Waals surface area contributed by atoms with Crippen LogP contribution in [-0.2, 0) is 4.74 Å². The van der Waals surface area contributed by atoms with Crippen molar-refractivity contribution in [1.29, 1.82) is 0 Å². The molecule has 2 atom stereocenters. The van der Waals surface area contributed by atoms with Crippen molar-refractivity contribution in [2.45, 2.75) is 25.1 Å². The van der Waals surface area contributed by atoms with E-state index in [4.69, 9.17) is 0 Å². The number of rotatable bonds is 0. The minimum Gasteiger partial charge on any atom is -0.453 e. The van der Waals surface area contributed by atoms with Gasteiger partial charge in [-0.3, -0.25) is 0 Å². The standard InChI is InChI=1S/C8H15NO2S/c1-6-7(2)12-5-4-9(6)8(10)11-3/h6-7H,4-5H2,1-3H3. The van der Waals surface area contributed by atoms with Crippen LogP contribution >= 0.6 is 11.8 Å². The Morgan fingerprint density at radius 2 is 2.25 bits per heavy atom. The number of carbonyl (C=O) groups excluding carboxylic acids is 1. The normalized spacial score (nSPS) is 30.1. The molecule has 0 aromatic heterocycles. The number of ether oxygens (including phenoxy) is 1. The Kier molecular flexibility index (Phi) is 3.26. The molecule has 0 spiro atoms. The topological polar surface area (TPSA) is 29.5 Å². The van der Waals surface area contributed by atoms with Crippen molar-refractivity contribution in [3.8, 4) is 0 Å². The SMILES string of the molecule is COC(=O)N1CCSC(C)C1C. The number of nitrogens with zero attached hydrogens (tertiary/aromatic N) is 1. The molecule has 4 heteroatoms. The highest BCUT2D eigenvalue weighted by molar-refractivity contribution is 8.00. The average molecular weight is 189 g/mol. The van der Waals surface area contributed by atoms with E-state index in [0.29, 0.717) is 5.25 Å². The van der Waals surface area contributed by atoms with E-state index in [1.807, 2.05) is 11.8 Å². The molecule has 12 heavy (non-hydrogen) atoms. The lowest BCUT2D eigenvalue weighted by Gasteiger charge is -2.36. The summed E-state index contributed by atoms with van der Waals surface area (Å²) in [4.78, 5) is 13.0. The number of thioether (sulfide) groups is 1. The van der Waals surface area contributed by atoms with E-state index >= 15 is 0 Å². The molecule has 1 fully saturated rings. The third kappa shape index (κ3) is 1.86. The van der Waals surface area contributed by atoms with E-state index in [9.17, 15) is 4.79 Å². The van der Waals surface area contributed by atoms with E-state index in [2.05, 4.69) is 18.6 Å². The van der Waals surface area contributed by atoms with Crippen molar-refractivity contribution < 1.29 is 9.53 Å². The van der Waals surface area contributed by atoms with E-state index in [-0.39, 0.29) is 12.1 Å². The summed E-state index contributed by atoms with van der Waals surface area (Å²) in [5.41, 5.74) is 0. The first-order valence-electron chi connectivity index (χ1n) is 4.13. The van der Waals surface area contributed by atoms with Gasteiger partial charge in [-0.05, 0) is 6.92 Å². The van der Waals surface area contributed by atoms with Gasteiger partial charge in [0.25, 0.3) is 0 Å². The molecule has 0 bridgehead atoms. The molecule has 1 heterocycles. The van der Waals surface area contributed by atoms with Crippen LogP contribution in [0.1, 0.15) is 13.8 Å². The summed E-state index contributed by atoms with van der Waals surface area (Å²) < 4.78 is 4.69. The van der Waals surface area contributed by atoms with Crippen molar-refractivity contribution in [3.05, 3.63) is 0 Å². The first-order chi connectivity index (χ1) is 5.66. The molecule has 1 saturated heterocycles. The second-order valence-corrected chi connectivity index (χ2v) is 4.47. The van der Waals surface area contributed by atoms with Crippen LogP contribution in [0.5, 0.6) is 0 Å². The molecule has 0 aromatic carbocycles. The van der Waals surface area contributed by atoms with E-state index in [1.165, 1.54) is 7.11 Å². The molecule has 1 rings (SSSR count). The van der Waals surface area contributed by atoms with Crippen LogP contribution in [0.3, 0.4) is 0 Å². The van der Waals surface area contributed by atoms with Gasteiger partial charge in [0.2, 0.25) is 0 Å². The van der Waals surface area contributed by atoms with Crippen LogP contribution in [0.25, 0.3) is 0 Å². The number of carbonyl (C=O) groups is 1. The number of methoxy groups -OCH3 is 1. The third-order valence-corrected chi connectivity index (χ3v) is 3.63. The third-order valence-electron chi connectivity index (χ3n) is 2.29. The lowest BCUT2D eigenvalue weighted by molar-refractivity contribution is 0.109. The maximum atomic E-state index is 11.2. The van der Waals surface area contributed by atoms with Crippen LogP contribution in [0.2, 0.25) is 0 Å². The van der Waals surface area contributed by atoms with Gasteiger partial charge in [-0.15, -0.1) is 0 Å². The summed E-state index contributed by atoms with van der Waals surface area (Å²) in [5.74, 6) is 1.01. The Labute approximate surface area is 77.4 Å². The predicted octanol–water partition coefficient (Wildman–Crippen LogP) is 1.58. The zero-order valence-electron chi connectivity index (χ0n) is 7.74. The first-order valence-corrected chi connectivity index (χ1v) is 5.18. The molecular weight excluding hydrogens is 174 g/mol. The molecular formula is C8H15NO2S. The van der Waals surface area contributed by atoms with Crippen LogP contribution < -0.4 is 0 Å². The van der Waals surface area contributed by atoms with Crippen LogP contribution in [0, 0.1) is 0 Å². The molecule has 0 saturated carbocycles. The van der Waals surface area contributed by atoms with Crippen molar-refractivity contribution in [2.75, 3.05) is 19.4 Å². The zero-order valence-corrected chi connectivity index (χ0v) is 8.56. The molecule has 2 unspecified atom stereocenters. The van der Waals surface area contributed by atoms with Crippen LogP contribution in [0.4, 0.5) is 4.79 Å². The van der Waals surface area contributed by atoms with Crippen molar-refractivity contribution in [3.63, 3.8) is 0 Å². The van der Waals surface area contributed by atoms with Gasteiger partial charge in [0.1, 0.15) is 0 Å². The quantitative estimate of drug-likeness (QED) is 0.579. The number of hydrogen-bond donors (Lipinski definition) is 0. The molecule has 3 nitrogen and oxygen atoms in total. The largest absolute Gasteiger partial charge is 0.453 e. The summed E-state index contributed by atoms with van der Waals surface area (Å²) in [7, 11) is 1.43. The highest BCUT2D eigenvalue weighted by atomic mass is 32.2. The Hall–Kier alpha value is -0.380. The van der Waals surface area contributed by atoms with Crippen molar-refractivity contribution in [2.24, 2.45) is 0 Å². The second-order valence-electron chi connectivity index (χ2n) is 2.98. The Balaban J connectivity index is 2.57. The highest BCUT2D eigenvalue weighted by Crippen LogP contribution is 2.24. The van der Waals surface area contributed by atoms with Gasteiger partial charge in [-0.1, -0.05) is 6.92 Å². The summed E-state index contributed by atoms with van der Waals surface area (Å²) in [5, 5.41) is 0.512.